The Morgan fingerprint density at radius 1 is 0.396 bits per heavy atom. The van der Waals surface area contributed by atoms with Gasteiger partial charge in [-0.15, -0.1) is 11.3 Å². The van der Waals surface area contributed by atoms with Crippen molar-refractivity contribution in [1.29, 1.82) is 0 Å². The Kier molecular flexibility index (Phi) is 5.26. The van der Waals surface area contributed by atoms with E-state index in [0.29, 0.717) is 0 Å². The zero-order chi connectivity index (χ0) is 31.3. The van der Waals surface area contributed by atoms with Crippen molar-refractivity contribution >= 4 is 114 Å². The Morgan fingerprint density at radius 2 is 1.04 bits per heavy atom. The SMILES string of the molecule is c1ccc2c(c1)oc1cc(N(c3ccc4ccc5ccc6oc7ccccc7c6c5c4c3)c3cccc4c3sc3ccccc34)ccc12. The largest absolute Gasteiger partial charge is 0.456 e. The Hall–Kier alpha value is -6.10. The fourth-order valence-corrected chi connectivity index (χ4v) is 8.88. The molecule has 0 aliphatic rings. The highest BCUT2D eigenvalue weighted by atomic mass is 32.1. The van der Waals surface area contributed by atoms with Crippen LogP contribution in [0.4, 0.5) is 17.1 Å². The van der Waals surface area contributed by atoms with E-state index in [0.717, 1.165) is 60.9 Å². The number of benzene rings is 8. The van der Waals surface area contributed by atoms with Gasteiger partial charge in [0, 0.05) is 59.8 Å². The van der Waals surface area contributed by atoms with Gasteiger partial charge in [-0.1, -0.05) is 91.0 Å². The van der Waals surface area contributed by atoms with E-state index in [9.17, 15) is 0 Å². The first-order valence-corrected chi connectivity index (χ1v) is 17.0. The molecule has 8 aromatic carbocycles. The van der Waals surface area contributed by atoms with Crippen molar-refractivity contribution < 1.29 is 8.83 Å². The number of thiophene rings is 1. The third-order valence-electron chi connectivity index (χ3n) is 9.83. The van der Waals surface area contributed by atoms with E-state index >= 15 is 0 Å². The molecule has 0 saturated carbocycles. The summed E-state index contributed by atoms with van der Waals surface area (Å²) in [5.41, 5.74) is 6.86. The summed E-state index contributed by atoms with van der Waals surface area (Å²) in [6.45, 7) is 0. The van der Waals surface area contributed by atoms with Gasteiger partial charge < -0.3 is 13.7 Å². The molecule has 224 valence electrons. The lowest BCUT2D eigenvalue weighted by molar-refractivity contribution is 0.668. The second-order valence-corrected chi connectivity index (χ2v) is 13.5. The highest BCUT2D eigenvalue weighted by Gasteiger charge is 2.21. The number of fused-ring (bicyclic) bond motifs is 13. The summed E-state index contributed by atoms with van der Waals surface area (Å²) in [4.78, 5) is 2.40. The fourth-order valence-electron chi connectivity index (χ4n) is 7.68. The van der Waals surface area contributed by atoms with Crippen LogP contribution in [0.3, 0.4) is 0 Å². The Balaban J connectivity index is 1.23. The van der Waals surface area contributed by atoms with E-state index in [4.69, 9.17) is 8.83 Å². The van der Waals surface area contributed by atoms with Crippen LogP contribution in [0, 0.1) is 0 Å². The van der Waals surface area contributed by atoms with Crippen molar-refractivity contribution in [3.63, 3.8) is 0 Å². The van der Waals surface area contributed by atoms with Crippen LogP contribution in [0.15, 0.2) is 160 Å². The van der Waals surface area contributed by atoms with Crippen molar-refractivity contribution in [2.24, 2.45) is 0 Å². The van der Waals surface area contributed by atoms with Crippen molar-refractivity contribution in [3.8, 4) is 0 Å². The fraction of sp³-hybridized carbons (Fsp3) is 0. The summed E-state index contributed by atoms with van der Waals surface area (Å²) in [5.74, 6) is 0. The number of para-hydroxylation sites is 2. The van der Waals surface area contributed by atoms with Gasteiger partial charge in [0.05, 0.1) is 10.4 Å². The lowest BCUT2D eigenvalue weighted by atomic mass is 9.97. The maximum absolute atomic E-state index is 6.42. The number of hydrogen-bond donors (Lipinski definition) is 0. The summed E-state index contributed by atoms with van der Waals surface area (Å²) >= 11 is 1.85. The first kappa shape index (κ1) is 26.0. The van der Waals surface area contributed by atoms with Gasteiger partial charge >= 0.3 is 0 Å². The summed E-state index contributed by atoms with van der Waals surface area (Å²) < 4.78 is 15.3. The molecule has 0 saturated heterocycles. The first-order valence-electron chi connectivity index (χ1n) is 16.2. The van der Waals surface area contributed by atoms with Crippen molar-refractivity contribution in [2.75, 3.05) is 4.90 Å². The van der Waals surface area contributed by atoms with E-state index in [1.807, 2.05) is 29.5 Å². The zero-order valence-corrected chi connectivity index (χ0v) is 26.4. The van der Waals surface area contributed by atoms with Crippen LogP contribution in [0.2, 0.25) is 0 Å². The number of anilines is 3. The van der Waals surface area contributed by atoms with Gasteiger partial charge in [-0.25, -0.2) is 0 Å². The molecule has 0 atom stereocenters. The highest BCUT2D eigenvalue weighted by Crippen LogP contribution is 2.47. The average Bonchev–Trinajstić information content (AvgIpc) is 3.83. The molecule has 0 spiro atoms. The maximum atomic E-state index is 6.42. The van der Waals surface area contributed by atoms with Crippen LogP contribution in [-0.2, 0) is 0 Å². The molecule has 4 heteroatoms. The van der Waals surface area contributed by atoms with Crippen LogP contribution in [0.25, 0.3) is 85.6 Å². The summed E-state index contributed by atoms with van der Waals surface area (Å²) in [6.07, 6.45) is 0. The van der Waals surface area contributed by atoms with E-state index in [2.05, 4.69) is 138 Å². The molecule has 0 N–H and O–H groups in total. The summed E-state index contributed by atoms with van der Waals surface area (Å²) in [7, 11) is 0. The third kappa shape index (κ3) is 3.63. The highest BCUT2D eigenvalue weighted by molar-refractivity contribution is 7.26. The standard InChI is InChI=1S/C44H25NO2S/c1-4-13-37-30(8-1)31-22-21-29(25-40(31)47-37)45(36-12-7-11-33-32-9-3-6-15-41(32)48-44(33)36)28-20-18-26-16-17-27-19-23-39-43(42(27)35(26)24-28)34-10-2-5-14-38(34)46-39/h1-25H. The molecule has 3 nitrogen and oxygen atoms in total. The van der Waals surface area contributed by atoms with Gasteiger partial charge in [0.2, 0.25) is 0 Å². The molecule has 0 unspecified atom stereocenters. The second-order valence-electron chi connectivity index (χ2n) is 12.5. The molecule has 0 bridgehead atoms. The zero-order valence-electron chi connectivity index (χ0n) is 25.6. The molecule has 0 radical (unpaired) electrons. The first-order chi connectivity index (χ1) is 23.8. The van der Waals surface area contributed by atoms with E-state index in [1.165, 1.54) is 41.7 Å². The normalized spacial score (nSPS) is 12.2. The lowest BCUT2D eigenvalue weighted by Crippen LogP contribution is -2.10. The van der Waals surface area contributed by atoms with Crippen molar-refractivity contribution in [3.05, 3.63) is 152 Å². The Labute approximate surface area is 278 Å². The molecule has 0 fully saturated rings. The quantitative estimate of drug-likeness (QED) is 0.182. The third-order valence-corrected chi connectivity index (χ3v) is 11.0. The smallest absolute Gasteiger partial charge is 0.137 e. The second kappa shape index (κ2) is 9.71. The van der Waals surface area contributed by atoms with E-state index in [-0.39, 0.29) is 0 Å². The molecule has 0 aliphatic heterocycles. The lowest BCUT2D eigenvalue weighted by Gasteiger charge is -2.26. The number of nitrogens with zero attached hydrogens (tertiary/aromatic N) is 1. The Morgan fingerprint density at radius 3 is 1.96 bits per heavy atom. The molecule has 0 amide bonds. The molecule has 11 aromatic rings. The topological polar surface area (TPSA) is 29.5 Å². The molecule has 3 heterocycles. The minimum absolute atomic E-state index is 0.875. The molecule has 11 rings (SSSR count). The molecule has 48 heavy (non-hydrogen) atoms. The van der Waals surface area contributed by atoms with Gasteiger partial charge in [-0.2, -0.15) is 0 Å². The Bertz CT molecular complexity index is 3090. The predicted octanol–water partition coefficient (Wildman–Crippen LogP) is 13.6. The summed E-state index contributed by atoms with van der Waals surface area (Å²) in [5, 5.41) is 11.9. The van der Waals surface area contributed by atoms with Gasteiger partial charge in [0.25, 0.3) is 0 Å². The predicted molar refractivity (Wildman–Crippen MR) is 204 cm³/mol. The van der Waals surface area contributed by atoms with Gasteiger partial charge in [-0.3, -0.25) is 0 Å². The van der Waals surface area contributed by atoms with Gasteiger partial charge in [-0.05, 0) is 70.8 Å². The van der Waals surface area contributed by atoms with Gasteiger partial charge in [0.1, 0.15) is 22.3 Å². The molecular formula is C44H25NO2S. The van der Waals surface area contributed by atoms with Crippen LogP contribution < -0.4 is 4.90 Å². The molecule has 0 aliphatic carbocycles. The molecular weight excluding hydrogens is 607 g/mol. The monoisotopic (exact) mass is 631 g/mol. The average molecular weight is 632 g/mol. The summed E-state index contributed by atoms with van der Waals surface area (Å²) in [6, 6.07) is 54.2. The molecule has 3 aromatic heterocycles. The van der Waals surface area contributed by atoms with Crippen molar-refractivity contribution in [2.45, 2.75) is 0 Å². The minimum Gasteiger partial charge on any atom is -0.456 e. The van der Waals surface area contributed by atoms with Crippen LogP contribution in [0.5, 0.6) is 0 Å². The van der Waals surface area contributed by atoms with Crippen LogP contribution >= 0.6 is 11.3 Å². The number of hydrogen-bond acceptors (Lipinski definition) is 4. The van der Waals surface area contributed by atoms with Crippen molar-refractivity contribution in [1.82, 2.24) is 0 Å². The van der Waals surface area contributed by atoms with E-state index in [1.54, 1.807) is 0 Å². The number of furan rings is 2. The maximum Gasteiger partial charge on any atom is 0.137 e. The van der Waals surface area contributed by atoms with Gasteiger partial charge in [0.15, 0.2) is 0 Å². The number of rotatable bonds is 3. The van der Waals surface area contributed by atoms with Crippen LogP contribution in [0.1, 0.15) is 0 Å². The van der Waals surface area contributed by atoms with Crippen LogP contribution in [-0.4, -0.2) is 0 Å². The minimum atomic E-state index is 0.875. The van der Waals surface area contributed by atoms with E-state index < -0.39 is 0 Å².